The Balaban J connectivity index is 1.15. The van der Waals surface area contributed by atoms with E-state index in [4.69, 9.17) is 14.4 Å². The Kier molecular flexibility index (Phi) is 7.21. The largest absolute Gasteiger partial charge is 0.456 e. The van der Waals surface area contributed by atoms with E-state index in [0.29, 0.717) is 12.3 Å². The van der Waals surface area contributed by atoms with E-state index < -0.39 is 0 Å². The Labute approximate surface area is 325 Å². The molecule has 0 radical (unpaired) electrons. The number of para-hydroxylation sites is 2. The number of furan rings is 1. The van der Waals surface area contributed by atoms with Gasteiger partial charge in [-0.25, -0.2) is 9.98 Å². The number of fused-ring (bicyclic) bond motifs is 10. The summed E-state index contributed by atoms with van der Waals surface area (Å²) in [5.74, 6) is 1.64. The number of allylic oxidation sites excluding steroid dienone is 1. The van der Waals surface area contributed by atoms with E-state index in [9.17, 15) is 0 Å². The normalized spacial score (nSPS) is 15.0. The van der Waals surface area contributed by atoms with Crippen LogP contribution in [0.3, 0.4) is 0 Å². The summed E-state index contributed by atoms with van der Waals surface area (Å²) >= 11 is 0. The summed E-state index contributed by atoms with van der Waals surface area (Å²) in [5.41, 5.74) is 15.9. The zero-order valence-electron chi connectivity index (χ0n) is 31.7. The van der Waals surface area contributed by atoms with E-state index in [1.807, 2.05) is 12.1 Å². The maximum Gasteiger partial charge on any atom is 0.161 e. The topological polar surface area (TPSA) is 42.8 Å². The zero-order valence-corrected chi connectivity index (χ0v) is 31.7. The van der Waals surface area contributed by atoms with Crippen LogP contribution in [0.2, 0.25) is 0 Å². The van der Waals surface area contributed by atoms with E-state index in [1.165, 1.54) is 44.2 Å². The van der Waals surface area contributed by atoms with Crippen molar-refractivity contribution in [3.63, 3.8) is 0 Å². The Morgan fingerprint density at radius 2 is 1.25 bits per heavy atom. The molecule has 0 atom stereocenters. The smallest absolute Gasteiger partial charge is 0.161 e. The summed E-state index contributed by atoms with van der Waals surface area (Å²) in [6.45, 7) is 6.95. The van der Waals surface area contributed by atoms with Gasteiger partial charge in [0.2, 0.25) is 0 Å². The van der Waals surface area contributed by atoms with Gasteiger partial charge in [-0.15, -0.1) is 0 Å². The Morgan fingerprint density at radius 1 is 0.571 bits per heavy atom. The van der Waals surface area contributed by atoms with E-state index in [2.05, 4.69) is 171 Å². The number of hydrogen-bond acceptors (Lipinski definition) is 3. The molecule has 4 heteroatoms. The van der Waals surface area contributed by atoms with Crippen molar-refractivity contribution < 1.29 is 4.42 Å². The highest BCUT2D eigenvalue weighted by Crippen LogP contribution is 2.53. The van der Waals surface area contributed by atoms with Gasteiger partial charge in [-0.05, 0) is 75.7 Å². The van der Waals surface area contributed by atoms with Crippen LogP contribution in [-0.4, -0.2) is 16.1 Å². The van der Waals surface area contributed by atoms with Gasteiger partial charge in [0.1, 0.15) is 17.0 Å². The Hall–Kier alpha value is -6.78. The lowest BCUT2D eigenvalue weighted by Gasteiger charge is -2.21. The van der Waals surface area contributed by atoms with Crippen LogP contribution in [0, 0.1) is 0 Å². The maximum absolute atomic E-state index is 6.39. The third-order valence-corrected chi connectivity index (χ3v) is 12.1. The molecule has 0 saturated carbocycles. The first kappa shape index (κ1) is 32.6. The quantitative estimate of drug-likeness (QED) is 0.174. The first-order chi connectivity index (χ1) is 27.5. The van der Waals surface area contributed by atoms with E-state index >= 15 is 0 Å². The molecule has 268 valence electrons. The number of amidine groups is 1. The number of rotatable bonds is 5. The zero-order chi connectivity index (χ0) is 37.5. The predicted octanol–water partition coefficient (Wildman–Crippen LogP) is 13.6. The molecular weight excluding hydrogens is 683 g/mol. The van der Waals surface area contributed by atoms with Crippen molar-refractivity contribution >= 4 is 61.1 Å². The van der Waals surface area contributed by atoms with Gasteiger partial charge in [-0.3, -0.25) is 4.57 Å². The molecule has 0 bridgehead atoms. The summed E-state index contributed by atoms with van der Waals surface area (Å²) in [6, 6.07) is 56.4. The summed E-state index contributed by atoms with van der Waals surface area (Å²) in [7, 11) is 0. The van der Waals surface area contributed by atoms with Gasteiger partial charge in [-0.2, -0.15) is 0 Å². The second-order valence-corrected chi connectivity index (χ2v) is 15.6. The van der Waals surface area contributed by atoms with Gasteiger partial charge in [0.05, 0.1) is 16.7 Å². The lowest BCUT2D eigenvalue weighted by Crippen LogP contribution is -2.14. The van der Waals surface area contributed by atoms with Crippen LogP contribution >= 0.6 is 0 Å². The van der Waals surface area contributed by atoms with Crippen LogP contribution < -0.4 is 0 Å². The molecule has 0 unspecified atom stereocenters. The molecule has 4 nitrogen and oxygen atoms in total. The summed E-state index contributed by atoms with van der Waals surface area (Å²) in [4.78, 5) is 11.1. The number of aromatic nitrogens is 1. The van der Waals surface area contributed by atoms with Gasteiger partial charge in [-0.1, -0.05) is 148 Å². The third kappa shape index (κ3) is 4.85. The molecule has 0 spiro atoms. The first-order valence-electron chi connectivity index (χ1n) is 19.6. The number of hydrogen-bond donors (Lipinski definition) is 0. The van der Waals surface area contributed by atoms with Crippen molar-refractivity contribution in [1.82, 2.24) is 4.57 Å². The van der Waals surface area contributed by atoms with Gasteiger partial charge in [0, 0.05) is 44.5 Å². The molecule has 0 saturated heterocycles. The molecule has 56 heavy (non-hydrogen) atoms. The van der Waals surface area contributed by atoms with Gasteiger partial charge >= 0.3 is 0 Å². The molecule has 2 aliphatic rings. The highest BCUT2D eigenvalue weighted by Gasteiger charge is 2.37. The van der Waals surface area contributed by atoms with E-state index in [1.54, 1.807) is 0 Å². The summed E-state index contributed by atoms with van der Waals surface area (Å²) in [5, 5.41) is 4.75. The van der Waals surface area contributed by atoms with Crippen molar-refractivity contribution in [1.29, 1.82) is 0 Å². The van der Waals surface area contributed by atoms with Crippen LogP contribution in [0.5, 0.6) is 0 Å². The number of benzene rings is 7. The molecule has 3 heterocycles. The lowest BCUT2D eigenvalue weighted by molar-refractivity contribution is 0.661. The van der Waals surface area contributed by atoms with Crippen LogP contribution in [0.1, 0.15) is 55.9 Å². The molecule has 1 aliphatic heterocycles. The molecule has 2 aromatic heterocycles. The average molecular weight is 722 g/mol. The van der Waals surface area contributed by atoms with Crippen molar-refractivity contribution in [2.75, 3.05) is 0 Å². The second-order valence-electron chi connectivity index (χ2n) is 15.6. The molecule has 1 aliphatic carbocycles. The number of aliphatic imine (C=N–C) groups is 2. The van der Waals surface area contributed by atoms with Crippen molar-refractivity contribution in [2.24, 2.45) is 9.98 Å². The Bertz CT molecular complexity index is 3150. The van der Waals surface area contributed by atoms with Crippen LogP contribution in [0.15, 0.2) is 178 Å². The highest BCUT2D eigenvalue weighted by atomic mass is 16.3. The fraction of sp³-hybridized carbons (Fsp3) is 0.115. The fourth-order valence-electron chi connectivity index (χ4n) is 9.27. The minimum Gasteiger partial charge on any atom is -0.456 e. The third-order valence-electron chi connectivity index (χ3n) is 12.1. The fourth-order valence-corrected chi connectivity index (χ4v) is 9.27. The van der Waals surface area contributed by atoms with Crippen molar-refractivity contribution in [2.45, 2.75) is 39.0 Å². The van der Waals surface area contributed by atoms with E-state index in [-0.39, 0.29) is 5.41 Å². The van der Waals surface area contributed by atoms with Gasteiger partial charge < -0.3 is 4.42 Å². The molecule has 0 amide bonds. The first-order valence-corrected chi connectivity index (χ1v) is 19.6. The lowest BCUT2D eigenvalue weighted by atomic mass is 9.82. The molecular formula is C52H39N3O. The van der Waals surface area contributed by atoms with Gasteiger partial charge in [0.25, 0.3) is 0 Å². The van der Waals surface area contributed by atoms with Crippen molar-refractivity contribution in [3.8, 4) is 22.3 Å². The molecule has 0 fully saturated rings. The van der Waals surface area contributed by atoms with Crippen LogP contribution in [-0.2, 0) is 5.41 Å². The van der Waals surface area contributed by atoms with E-state index in [0.717, 1.165) is 67.6 Å². The SMILES string of the molecule is CCC1=C(n2c3ccccc3c3c4c(ccc32)C(C)(C)c2ccccc2-4)N=C(c2ccc(-c3ccccc3)cc2)N=C(c2ccc3c(c2)oc2ccccc23)C1. The summed E-state index contributed by atoms with van der Waals surface area (Å²) < 4.78 is 8.80. The molecule has 9 aromatic rings. The van der Waals surface area contributed by atoms with Crippen LogP contribution in [0.25, 0.3) is 71.8 Å². The number of nitrogens with zero attached hydrogens (tertiary/aromatic N) is 3. The monoisotopic (exact) mass is 721 g/mol. The molecule has 0 N–H and O–H groups in total. The highest BCUT2D eigenvalue weighted by molar-refractivity contribution is 6.20. The van der Waals surface area contributed by atoms with Crippen LogP contribution in [0.4, 0.5) is 0 Å². The molecule has 11 rings (SSSR count). The second kappa shape index (κ2) is 12.4. The standard InChI is InChI=1S/C52H39N3O/c1-4-32-30-43(36-26-27-38-37-16-10-13-21-46(37)56-47(38)31-36)53-50(35-24-22-34(23-25-35)33-14-6-5-7-15-33)54-51(32)55-44-20-12-9-18-40(44)49-45(55)29-28-42-48(49)39-17-8-11-19-41(39)52(42,2)3/h5-29,31H,4,30H2,1-3H3. The average Bonchev–Trinajstić information content (AvgIpc) is 3.80. The minimum absolute atomic E-state index is 0.0968. The summed E-state index contributed by atoms with van der Waals surface area (Å²) in [6.07, 6.45) is 1.47. The Morgan fingerprint density at radius 3 is 2.09 bits per heavy atom. The van der Waals surface area contributed by atoms with Gasteiger partial charge in [0.15, 0.2) is 5.84 Å². The predicted molar refractivity (Wildman–Crippen MR) is 234 cm³/mol. The minimum atomic E-state index is -0.0968. The molecule has 7 aromatic carbocycles. The van der Waals surface area contributed by atoms with Crippen molar-refractivity contribution in [3.05, 3.63) is 186 Å². The maximum atomic E-state index is 6.39.